The van der Waals surface area contributed by atoms with Crippen molar-refractivity contribution in [2.45, 2.75) is 26.0 Å². The Kier molecular flexibility index (Phi) is 9.61. The van der Waals surface area contributed by atoms with Gasteiger partial charge in [-0.25, -0.2) is 4.79 Å². The van der Waals surface area contributed by atoms with Crippen molar-refractivity contribution in [1.29, 1.82) is 0 Å². The Balaban J connectivity index is 1.69. The van der Waals surface area contributed by atoms with Gasteiger partial charge in [0, 0.05) is 18.0 Å². The Hall–Kier alpha value is -1.76. The standard InChI is InChI=1S/C21H25ClN2O2S2/c1-3-26-20(25)18-13-17(8-9-19(18)22)24-21(27)23-10-5-11-28-14-16-7-4-6-15(2)12-16/h4,6-9,12-13H,3,5,10-11,14H2,1-2H3,(H2,23,24,27). The number of aryl methyl sites for hydroxylation is 1. The summed E-state index contributed by atoms with van der Waals surface area (Å²) in [5, 5.41) is 7.13. The Bertz CT molecular complexity index is 815. The topological polar surface area (TPSA) is 50.4 Å². The molecule has 0 aliphatic carbocycles. The molecule has 0 spiro atoms. The van der Waals surface area contributed by atoms with E-state index < -0.39 is 5.97 Å². The lowest BCUT2D eigenvalue weighted by Gasteiger charge is -2.12. The molecule has 4 nitrogen and oxygen atoms in total. The number of ether oxygens (including phenoxy) is 1. The van der Waals surface area contributed by atoms with Crippen molar-refractivity contribution in [2.75, 3.05) is 24.2 Å². The summed E-state index contributed by atoms with van der Waals surface area (Å²) in [6.07, 6.45) is 1.01. The van der Waals surface area contributed by atoms with E-state index in [9.17, 15) is 4.79 Å². The average Bonchev–Trinajstić information content (AvgIpc) is 2.66. The van der Waals surface area contributed by atoms with Crippen LogP contribution in [0.3, 0.4) is 0 Å². The Morgan fingerprint density at radius 1 is 1.25 bits per heavy atom. The van der Waals surface area contributed by atoms with E-state index in [1.165, 1.54) is 11.1 Å². The fraction of sp³-hybridized carbons (Fsp3) is 0.333. The number of nitrogens with one attached hydrogen (secondary N) is 2. The van der Waals surface area contributed by atoms with Gasteiger partial charge in [-0.15, -0.1) is 0 Å². The van der Waals surface area contributed by atoms with Crippen molar-refractivity contribution >= 4 is 52.3 Å². The first kappa shape index (κ1) is 22.5. The van der Waals surface area contributed by atoms with Crippen LogP contribution in [-0.2, 0) is 10.5 Å². The maximum absolute atomic E-state index is 11.9. The number of hydrogen-bond acceptors (Lipinski definition) is 4. The van der Waals surface area contributed by atoms with Crippen LogP contribution in [0.2, 0.25) is 5.02 Å². The van der Waals surface area contributed by atoms with Crippen LogP contribution in [0.25, 0.3) is 0 Å². The molecule has 7 heteroatoms. The van der Waals surface area contributed by atoms with Crippen molar-refractivity contribution in [3.63, 3.8) is 0 Å². The maximum Gasteiger partial charge on any atom is 0.339 e. The summed E-state index contributed by atoms with van der Waals surface area (Å²) in [6.45, 7) is 4.95. The molecule has 0 amide bonds. The lowest BCUT2D eigenvalue weighted by atomic mass is 10.2. The predicted octanol–water partition coefficient (Wildman–Crippen LogP) is 5.44. The van der Waals surface area contributed by atoms with Gasteiger partial charge in [0.1, 0.15) is 0 Å². The molecule has 2 rings (SSSR count). The minimum Gasteiger partial charge on any atom is -0.462 e. The number of anilines is 1. The molecule has 0 saturated heterocycles. The molecule has 150 valence electrons. The fourth-order valence-electron chi connectivity index (χ4n) is 2.51. The van der Waals surface area contributed by atoms with E-state index in [4.69, 9.17) is 28.6 Å². The van der Waals surface area contributed by atoms with E-state index in [1.54, 1.807) is 25.1 Å². The van der Waals surface area contributed by atoms with Crippen LogP contribution in [0.1, 0.15) is 34.8 Å². The highest BCUT2D eigenvalue weighted by Crippen LogP contribution is 2.21. The van der Waals surface area contributed by atoms with Crippen LogP contribution >= 0.6 is 35.6 Å². The largest absolute Gasteiger partial charge is 0.462 e. The molecular weight excluding hydrogens is 412 g/mol. The zero-order valence-corrected chi connectivity index (χ0v) is 18.5. The van der Waals surface area contributed by atoms with Gasteiger partial charge in [-0.05, 0) is 62.0 Å². The molecule has 0 saturated carbocycles. The first-order valence-electron chi connectivity index (χ1n) is 9.14. The number of rotatable bonds is 9. The van der Waals surface area contributed by atoms with Crippen molar-refractivity contribution in [1.82, 2.24) is 5.32 Å². The summed E-state index contributed by atoms with van der Waals surface area (Å²) in [5.41, 5.74) is 3.67. The zero-order chi connectivity index (χ0) is 20.4. The number of benzene rings is 2. The van der Waals surface area contributed by atoms with Gasteiger partial charge < -0.3 is 15.4 Å². The normalized spacial score (nSPS) is 10.4. The lowest BCUT2D eigenvalue weighted by molar-refractivity contribution is 0.0526. The number of hydrogen-bond donors (Lipinski definition) is 2. The molecule has 0 heterocycles. The van der Waals surface area contributed by atoms with Gasteiger partial charge in [-0.1, -0.05) is 41.4 Å². The molecule has 0 fully saturated rings. The van der Waals surface area contributed by atoms with E-state index in [0.29, 0.717) is 28.0 Å². The third kappa shape index (κ3) is 7.70. The van der Waals surface area contributed by atoms with Crippen LogP contribution < -0.4 is 10.6 Å². The quantitative estimate of drug-likeness (QED) is 0.310. The number of thioether (sulfide) groups is 1. The molecule has 0 aliphatic rings. The smallest absolute Gasteiger partial charge is 0.339 e. The highest BCUT2D eigenvalue weighted by Gasteiger charge is 2.12. The van der Waals surface area contributed by atoms with Gasteiger partial charge in [-0.2, -0.15) is 11.8 Å². The molecule has 2 aromatic rings. The Labute approximate surface area is 181 Å². The molecule has 0 aromatic heterocycles. The molecule has 2 aromatic carbocycles. The second-order valence-electron chi connectivity index (χ2n) is 6.19. The Morgan fingerprint density at radius 2 is 2.07 bits per heavy atom. The van der Waals surface area contributed by atoms with Gasteiger partial charge >= 0.3 is 5.97 Å². The molecule has 0 aliphatic heterocycles. The van der Waals surface area contributed by atoms with E-state index in [-0.39, 0.29) is 0 Å². The average molecular weight is 437 g/mol. The van der Waals surface area contributed by atoms with E-state index in [1.807, 2.05) is 11.8 Å². The minimum atomic E-state index is -0.444. The minimum absolute atomic E-state index is 0.300. The summed E-state index contributed by atoms with van der Waals surface area (Å²) in [4.78, 5) is 11.9. The highest BCUT2D eigenvalue weighted by molar-refractivity contribution is 7.98. The first-order valence-corrected chi connectivity index (χ1v) is 11.1. The van der Waals surface area contributed by atoms with Gasteiger partial charge in [0.25, 0.3) is 0 Å². The van der Waals surface area contributed by atoms with Crippen LogP contribution in [0.5, 0.6) is 0 Å². The number of halogens is 1. The van der Waals surface area contributed by atoms with Gasteiger partial charge in [-0.3, -0.25) is 0 Å². The molecular formula is C21H25ClN2O2S2. The number of thiocarbonyl (C=S) groups is 1. The number of esters is 1. The van der Waals surface area contributed by atoms with Crippen LogP contribution in [0.15, 0.2) is 42.5 Å². The fourth-order valence-corrected chi connectivity index (χ4v) is 3.83. The molecule has 0 radical (unpaired) electrons. The molecule has 0 unspecified atom stereocenters. The SMILES string of the molecule is CCOC(=O)c1cc(NC(=S)NCCCSCc2cccc(C)c2)ccc1Cl. The molecule has 0 atom stereocenters. The summed E-state index contributed by atoms with van der Waals surface area (Å²) in [7, 11) is 0. The van der Waals surface area contributed by atoms with Crippen molar-refractivity contribution in [3.8, 4) is 0 Å². The van der Waals surface area contributed by atoms with Gasteiger partial charge in [0.05, 0.1) is 17.2 Å². The van der Waals surface area contributed by atoms with E-state index >= 15 is 0 Å². The summed E-state index contributed by atoms with van der Waals surface area (Å²) < 4.78 is 5.01. The number of carbonyl (C=O) groups excluding carboxylic acids is 1. The summed E-state index contributed by atoms with van der Waals surface area (Å²) in [6, 6.07) is 13.7. The van der Waals surface area contributed by atoms with Gasteiger partial charge in [0.2, 0.25) is 0 Å². The van der Waals surface area contributed by atoms with Crippen LogP contribution in [0, 0.1) is 6.92 Å². The third-order valence-corrected chi connectivity index (χ3v) is 5.51. The highest BCUT2D eigenvalue weighted by atomic mass is 35.5. The van der Waals surface area contributed by atoms with Crippen molar-refractivity contribution < 1.29 is 9.53 Å². The van der Waals surface area contributed by atoms with Crippen molar-refractivity contribution in [2.24, 2.45) is 0 Å². The van der Waals surface area contributed by atoms with Crippen LogP contribution in [0.4, 0.5) is 5.69 Å². The van der Waals surface area contributed by atoms with E-state index in [0.717, 1.165) is 24.5 Å². The Morgan fingerprint density at radius 3 is 2.82 bits per heavy atom. The zero-order valence-electron chi connectivity index (χ0n) is 16.1. The second kappa shape index (κ2) is 11.9. The molecule has 28 heavy (non-hydrogen) atoms. The van der Waals surface area contributed by atoms with Crippen molar-refractivity contribution in [3.05, 3.63) is 64.2 Å². The third-order valence-electron chi connectivity index (χ3n) is 3.82. The predicted molar refractivity (Wildman–Crippen MR) is 124 cm³/mol. The lowest BCUT2D eigenvalue weighted by Crippen LogP contribution is -2.29. The monoisotopic (exact) mass is 436 g/mol. The maximum atomic E-state index is 11.9. The van der Waals surface area contributed by atoms with Crippen LogP contribution in [-0.4, -0.2) is 30.0 Å². The molecule has 2 N–H and O–H groups in total. The molecule has 0 bridgehead atoms. The first-order chi connectivity index (χ1) is 13.5. The number of carbonyl (C=O) groups is 1. The second-order valence-corrected chi connectivity index (χ2v) is 8.11. The summed E-state index contributed by atoms with van der Waals surface area (Å²) in [5.74, 6) is 1.63. The van der Waals surface area contributed by atoms with E-state index in [2.05, 4.69) is 41.8 Å². The summed E-state index contributed by atoms with van der Waals surface area (Å²) >= 11 is 13.3. The van der Waals surface area contributed by atoms with Gasteiger partial charge in [0.15, 0.2) is 5.11 Å².